The van der Waals surface area contributed by atoms with Gasteiger partial charge in [0.25, 0.3) is 0 Å². The fourth-order valence-corrected chi connectivity index (χ4v) is 1.52. The Bertz CT molecular complexity index is 607. The van der Waals surface area contributed by atoms with Crippen molar-refractivity contribution < 1.29 is 5.11 Å². The minimum atomic E-state index is 0. The van der Waals surface area contributed by atoms with Gasteiger partial charge in [0.05, 0.1) is 11.9 Å². The fraction of sp³-hybridized carbons (Fsp3) is 0. The molecule has 0 saturated carbocycles. The summed E-state index contributed by atoms with van der Waals surface area (Å²) in [6, 6.07) is 19.3. The first-order chi connectivity index (χ1) is 9.84. The Hall–Kier alpha value is -2.52. The molecule has 3 nitrogen and oxygen atoms in total. The first-order valence-corrected chi connectivity index (χ1v) is 6.31. The molecule has 0 unspecified atom stereocenters. The Labute approximate surface area is 130 Å². The van der Waals surface area contributed by atoms with E-state index < -0.39 is 0 Å². The lowest BCUT2D eigenvalue weighted by atomic mass is 10.3. The summed E-state index contributed by atoms with van der Waals surface area (Å²) in [5.74, 6) is 0.0972. The third-order valence-corrected chi connectivity index (χ3v) is 2.49. The largest absolute Gasteiger partial charge is 0.506 e. The van der Waals surface area contributed by atoms with Crippen LogP contribution in [0.2, 0.25) is 0 Å². The average Bonchev–Trinajstić information content (AvgIpc) is 2.52. The normalized spacial score (nSPS) is 11.5. The monoisotopic (exact) mass is 300 g/mol. The SMILES string of the molecule is Cl.O/C(C=Nc1ccccc1)=C/C=C/Nc1ccccc1. The summed E-state index contributed by atoms with van der Waals surface area (Å²) in [5, 5.41) is 12.7. The molecule has 0 radical (unpaired) electrons. The van der Waals surface area contributed by atoms with Gasteiger partial charge in [-0.15, -0.1) is 12.4 Å². The first-order valence-electron chi connectivity index (χ1n) is 6.31. The second-order valence-corrected chi connectivity index (χ2v) is 4.05. The number of aliphatic hydroxyl groups excluding tert-OH is 1. The number of benzene rings is 2. The molecule has 0 bridgehead atoms. The van der Waals surface area contributed by atoms with Crippen molar-refractivity contribution in [1.29, 1.82) is 0 Å². The van der Waals surface area contributed by atoms with Gasteiger partial charge in [0.15, 0.2) is 0 Å². The molecule has 0 fully saturated rings. The first kappa shape index (κ1) is 16.5. The van der Waals surface area contributed by atoms with Crippen LogP contribution in [0.5, 0.6) is 0 Å². The number of nitrogens with zero attached hydrogens (tertiary/aromatic N) is 1. The van der Waals surface area contributed by atoms with Crippen LogP contribution in [0.4, 0.5) is 11.4 Å². The molecule has 2 rings (SSSR count). The van der Waals surface area contributed by atoms with Crippen molar-refractivity contribution in [2.75, 3.05) is 5.32 Å². The molecule has 4 heteroatoms. The van der Waals surface area contributed by atoms with Gasteiger partial charge in [-0.05, 0) is 36.4 Å². The Kier molecular flexibility index (Phi) is 7.40. The van der Waals surface area contributed by atoms with Gasteiger partial charge in [-0.1, -0.05) is 36.4 Å². The van der Waals surface area contributed by atoms with Gasteiger partial charge in [-0.2, -0.15) is 0 Å². The zero-order valence-electron chi connectivity index (χ0n) is 11.4. The highest BCUT2D eigenvalue weighted by molar-refractivity contribution is 5.85. The van der Waals surface area contributed by atoms with Crippen LogP contribution >= 0.6 is 12.4 Å². The van der Waals surface area contributed by atoms with Gasteiger partial charge >= 0.3 is 0 Å². The highest BCUT2D eigenvalue weighted by atomic mass is 35.5. The molecular formula is C17H17ClN2O. The van der Waals surface area contributed by atoms with Gasteiger partial charge in [-0.25, -0.2) is 0 Å². The maximum Gasteiger partial charge on any atom is 0.133 e. The number of rotatable bonds is 5. The molecule has 0 aliphatic heterocycles. The van der Waals surface area contributed by atoms with Gasteiger partial charge in [0.2, 0.25) is 0 Å². The molecule has 2 aromatic carbocycles. The van der Waals surface area contributed by atoms with E-state index in [1.165, 1.54) is 6.21 Å². The summed E-state index contributed by atoms with van der Waals surface area (Å²) in [4.78, 5) is 4.15. The maximum absolute atomic E-state index is 9.64. The second-order valence-electron chi connectivity index (χ2n) is 4.05. The predicted octanol–water partition coefficient (Wildman–Crippen LogP) is 4.88. The van der Waals surface area contributed by atoms with Crippen LogP contribution in [0, 0.1) is 0 Å². The van der Waals surface area contributed by atoms with Crippen molar-refractivity contribution in [3.05, 3.63) is 84.8 Å². The molecule has 21 heavy (non-hydrogen) atoms. The lowest BCUT2D eigenvalue weighted by Gasteiger charge is -1.97. The number of hydrogen-bond acceptors (Lipinski definition) is 3. The molecule has 0 spiro atoms. The van der Waals surface area contributed by atoms with Crippen LogP contribution in [0.1, 0.15) is 0 Å². The fourth-order valence-electron chi connectivity index (χ4n) is 1.52. The summed E-state index contributed by atoms with van der Waals surface area (Å²) < 4.78 is 0. The molecule has 0 saturated heterocycles. The van der Waals surface area contributed by atoms with Crippen molar-refractivity contribution in [1.82, 2.24) is 0 Å². The molecule has 108 valence electrons. The third kappa shape index (κ3) is 6.45. The van der Waals surface area contributed by atoms with E-state index in [4.69, 9.17) is 0 Å². The number of aliphatic hydroxyl groups is 1. The van der Waals surface area contributed by atoms with E-state index >= 15 is 0 Å². The predicted molar refractivity (Wildman–Crippen MR) is 91.8 cm³/mol. The molecule has 2 N–H and O–H groups in total. The zero-order valence-corrected chi connectivity index (χ0v) is 12.2. The minimum Gasteiger partial charge on any atom is -0.506 e. The van der Waals surface area contributed by atoms with Crippen LogP contribution in [0.15, 0.2) is 89.8 Å². The average molecular weight is 301 g/mol. The van der Waals surface area contributed by atoms with Gasteiger partial charge < -0.3 is 10.4 Å². The van der Waals surface area contributed by atoms with E-state index in [-0.39, 0.29) is 18.2 Å². The van der Waals surface area contributed by atoms with E-state index in [9.17, 15) is 5.11 Å². The highest BCUT2D eigenvalue weighted by Gasteiger charge is 1.87. The lowest BCUT2D eigenvalue weighted by molar-refractivity contribution is 0.446. The Morgan fingerprint density at radius 2 is 1.57 bits per heavy atom. The number of halogens is 1. The molecule has 0 amide bonds. The topological polar surface area (TPSA) is 44.6 Å². The lowest BCUT2D eigenvalue weighted by Crippen LogP contribution is -1.85. The second kappa shape index (κ2) is 9.39. The van der Waals surface area contributed by atoms with Crippen LogP contribution in [0.25, 0.3) is 0 Å². The van der Waals surface area contributed by atoms with E-state index in [1.54, 1.807) is 18.4 Å². The van der Waals surface area contributed by atoms with Crippen LogP contribution in [-0.4, -0.2) is 11.3 Å². The summed E-state index contributed by atoms with van der Waals surface area (Å²) in [6.07, 6.45) is 6.46. The van der Waals surface area contributed by atoms with Gasteiger partial charge in [-0.3, -0.25) is 4.99 Å². The zero-order chi connectivity index (χ0) is 14.0. The van der Waals surface area contributed by atoms with Crippen LogP contribution < -0.4 is 5.32 Å². The molecule has 0 aliphatic carbocycles. The molecule has 0 heterocycles. The summed E-state index contributed by atoms with van der Waals surface area (Å²) >= 11 is 0. The van der Waals surface area contributed by atoms with Gasteiger partial charge in [0.1, 0.15) is 5.76 Å². The minimum absolute atomic E-state index is 0. The Morgan fingerprint density at radius 3 is 2.24 bits per heavy atom. The van der Waals surface area contributed by atoms with E-state index in [0.29, 0.717) is 0 Å². The molecular weight excluding hydrogens is 284 g/mol. The molecule has 0 aromatic heterocycles. The highest BCUT2D eigenvalue weighted by Crippen LogP contribution is 2.09. The third-order valence-electron chi connectivity index (χ3n) is 2.49. The van der Waals surface area contributed by atoms with E-state index in [0.717, 1.165) is 11.4 Å². The van der Waals surface area contributed by atoms with Crippen LogP contribution in [0.3, 0.4) is 0 Å². The van der Waals surface area contributed by atoms with Gasteiger partial charge in [0, 0.05) is 11.9 Å². The quantitative estimate of drug-likeness (QED) is 0.469. The van der Waals surface area contributed by atoms with Crippen molar-refractivity contribution in [3.63, 3.8) is 0 Å². The molecule has 0 atom stereocenters. The Balaban J connectivity index is 0.00000220. The summed E-state index contributed by atoms with van der Waals surface area (Å²) in [6.45, 7) is 0. The van der Waals surface area contributed by atoms with E-state index in [2.05, 4.69) is 10.3 Å². The molecule has 0 aliphatic rings. The standard InChI is InChI=1S/C17H16N2O.ClH/c20-17(14-19-16-10-5-2-6-11-16)12-7-13-18-15-8-3-1-4-9-15;/h1-14,18,20H;1H/b13-7+,17-12+,19-14?;. The number of allylic oxidation sites excluding steroid dienone is 3. The number of para-hydroxylation sites is 2. The number of hydrogen-bond donors (Lipinski definition) is 2. The summed E-state index contributed by atoms with van der Waals surface area (Å²) in [5.41, 5.74) is 1.80. The summed E-state index contributed by atoms with van der Waals surface area (Å²) in [7, 11) is 0. The smallest absolute Gasteiger partial charge is 0.133 e. The number of anilines is 1. The maximum atomic E-state index is 9.64. The Morgan fingerprint density at radius 1 is 0.952 bits per heavy atom. The van der Waals surface area contributed by atoms with Crippen molar-refractivity contribution in [3.8, 4) is 0 Å². The number of nitrogens with one attached hydrogen (secondary N) is 1. The van der Waals surface area contributed by atoms with Crippen molar-refractivity contribution in [2.45, 2.75) is 0 Å². The van der Waals surface area contributed by atoms with Crippen LogP contribution in [-0.2, 0) is 0 Å². The van der Waals surface area contributed by atoms with E-state index in [1.807, 2.05) is 60.7 Å². The number of aliphatic imine (C=N–C) groups is 1. The van der Waals surface area contributed by atoms with Crippen molar-refractivity contribution in [2.24, 2.45) is 4.99 Å². The van der Waals surface area contributed by atoms with Crippen molar-refractivity contribution >= 4 is 30.0 Å². The molecule has 2 aromatic rings.